The molecule has 7 nitrogen and oxygen atoms in total. The number of carbonyl (C=O) groups excluding carboxylic acids is 1. The lowest BCUT2D eigenvalue weighted by Crippen LogP contribution is -2.32. The van der Waals surface area contributed by atoms with Crippen molar-refractivity contribution in [2.75, 3.05) is 32.6 Å². The summed E-state index contributed by atoms with van der Waals surface area (Å²) in [5, 5.41) is 13.1. The minimum atomic E-state index is -3.69. The van der Waals surface area contributed by atoms with Crippen molar-refractivity contribution < 1.29 is 27.8 Å². The SMILES string of the molecule is Cc1nc(N[C@H](C)c2cccc(C(F)(F)CO)c2F)c2cc([C@H]3CC[C@H](C(=O)N(C)C)CC3)c3c(c2n1)CCO3. The molecule has 0 unspecified atom stereocenters. The van der Waals surface area contributed by atoms with Crippen LogP contribution in [-0.2, 0) is 17.1 Å². The van der Waals surface area contributed by atoms with Gasteiger partial charge in [-0.15, -0.1) is 0 Å². The fourth-order valence-electron chi connectivity index (χ4n) is 6.07. The number of aryl methyl sites for hydroxylation is 1. The van der Waals surface area contributed by atoms with E-state index in [1.54, 1.807) is 32.8 Å². The lowest BCUT2D eigenvalue weighted by Gasteiger charge is -2.30. The van der Waals surface area contributed by atoms with Gasteiger partial charge in [-0.2, -0.15) is 8.78 Å². The van der Waals surface area contributed by atoms with Crippen LogP contribution < -0.4 is 10.1 Å². The third kappa shape index (κ3) is 5.09. The van der Waals surface area contributed by atoms with Crippen LogP contribution in [0.2, 0.25) is 0 Å². The van der Waals surface area contributed by atoms with E-state index in [0.717, 1.165) is 59.5 Å². The first-order chi connectivity index (χ1) is 19.0. The Balaban J connectivity index is 1.51. The Morgan fingerprint density at radius 3 is 2.62 bits per heavy atom. The number of alkyl halides is 2. The number of hydrogen-bond donors (Lipinski definition) is 2. The molecule has 1 aliphatic heterocycles. The highest BCUT2D eigenvalue weighted by Gasteiger charge is 2.36. The van der Waals surface area contributed by atoms with Gasteiger partial charge in [0.2, 0.25) is 5.91 Å². The van der Waals surface area contributed by atoms with E-state index >= 15 is 4.39 Å². The van der Waals surface area contributed by atoms with Gasteiger partial charge in [0.05, 0.1) is 23.7 Å². The molecule has 2 aromatic carbocycles. The van der Waals surface area contributed by atoms with Crippen LogP contribution in [0.25, 0.3) is 10.9 Å². The van der Waals surface area contributed by atoms with Crippen molar-refractivity contribution in [1.82, 2.24) is 14.9 Å². The van der Waals surface area contributed by atoms with Gasteiger partial charge in [0.15, 0.2) is 0 Å². The molecule has 1 aromatic heterocycles. The van der Waals surface area contributed by atoms with Crippen LogP contribution in [0.15, 0.2) is 24.3 Å². The molecule has 1 fully saturated rings. The van der Waals surface area contributed by atoms with E-state index in [9.17, 15) is 13.6 Å². The number of rotatable bonds is 7. The predicted octanol–water partition coefficient (Wildman–Crippen LogP) is 5.63. The van der Waals surface area contributed by atoms with Crippen molar-refractivity contribution in [1.29, 1.82) is 0 Å². The molecule has 2 heterocycles. The number of halogens is 3. The summed E-state index contributed by atoms with van der Waals surface area (Å²) >= 11 is 0. The molecule has 0 saturated heterocycles. The molecule has 3 aromatic rings. The lowest BCUT2D eigenvalue weighted by atomic mass is 9.77. The lowest BCUT2D eigenvalue weighted by molar-refractivity contribution is -0.134. The Labute approximate surface area is 231 Å². The van der Waals surface area contributed by atoms with Crippen LogP contribution in [0.4, 0.5) is 19.0 Å². The van der Waals surface area contributed by atoms with E-state index in [1.165, 1.54) is 12.1 Å². The number of aromatic nitrogens is 2. The second-order valence-electron chi connectivity index (χ2n) is 11.1. The predicted molar refractivity (Wildman–Crippen MR) is 146 cm³/mol. The first kappa shape index (κ1) is 28.1. The summed E-state index contributed by atoms with van der Waals surface area (Å²) in [4.78, 5) is 23.5. The Kier molecular flexibility index (Phi) is 7.65. The van der Waals surface area contributed by atoms with Crippen molar-refractivity contribution >= 4 is 22.6 Å². The smallest absolute Gasteiger partial charge is 0.298 e. The topological polar surface area (TPSA) is 87.6 Å². The number of hydrogen-bond acceptors (Lipinski definition) is 6. The third-order valence-corrected chi connectivity index (χ3v) is 8.18. The number of amides is 1. The molecule has 1 amide bonds. The van der Waals surface area contributed by atoms with E-state index in [1.807, 2.05) is 6.07 Å². The summed E-state index contributed by atoms with van der Waals surface area (Å²) in [7, 11) is 3.58. The van der Waals surface area contributed by atoms with Gasteiger partial charge < -0.3 is 20.1 Å². The second kappa shape index (κ2) is 10.9. The fraction of sp³-hybridized carbons (Fsp3) is 0.500. The normalized spacial score (nSPS) is 19.7. The van der Waals surface area contributed by atoms with Crippen LogP contribution in [0.1, 0.15) is 72.6 Å². The summed E-state index contributed by atoms with van der Waals surface area (Å²) in [6.07, 6.45) is 4.01. The molecule has 0 bridgehead atoms. The first-order valence-corrected chi connectivity index (χ1v) is 13.7. The molecule has 214 valence electrons. The van der Waals surface area contributed by atoms with Crippen LogP contribution >= 0.6 is 0 Å². The van der Waals surface area contributed by atoms with Crippen LogP contribution in [0.3, 0.4) is 0 Å². The van der Waals surface area contributed by atoms with Gasteiger partial charge in [-0.25, -0.2) is 14.4 Å². The Hall–Kier alpha value is -3.40. The monoisotopic (exact) mass is 556 g/mol. The van der Waals surface area contributed by atoms with Gasteiger partial charge in [-0.3, -0.25) is 4.79 Å². The Bertz CT molecular complexity index is 1440. The highest BCUT2D eigenvalue weighted by Crippen LogP contribution is 2.46. The molecular formula is C30H35F3N4O3. The fourth-order valence-corrected chi connectivity index (χ4v) is 6.07. The maximum atomic E-state index is 15.2. The number of nitrogens with zero attached hydrogens (tertiary/aromatic N) is 3. The number of anilines is 1. The quantitative estimate of drug-likeness (QED) is 0.392. The van der Waals surface area contributed by atoms with Gasteiger partial charge in [-0.1, -0.05) is 12.1 Å². The minimum absolute atomic E-state index is 0.0219. The standard InChI is InChI=1S/C30H35F3N4O3/c1-16(20-6-5-7-24(25(20)31)30(32,33)15-38)34-28-23-14-22(18-8-10-19(11-9-18)29(39)37(3)4)27-21(12-13-40-27)26(23)35-17(2)36-28/h5-7,14,16,18-19,38H,8-13,15H2,1-4H3,(H,34,35,36)/t16-,18-,19-/m1/s1. The zero-order valence-electron chi connectivity index (χ0n) is 23.2. The van der Waals surface area contributed by atoms with E-state index in [0.29, 0.717) is 24.7 Å². The van der Waals surface area contributed by atoms with Crippen molar-refractivity contribution in [2.24, 2.45) is 5.92 Å². The Morgan fingerprint density at radius 1 is 1.23 bits per heavy atom. The number of nitrogens with one attached hydrogen (secondary N) is 1. The number of carbonyl (C=O) groups is 1. The number of benzene rings is 2. The average Bonchev–Trinajstić information content (AvgIpc) is 3.43. The van der Waals surface area contributed by atoms with Gasteiger partial charge in [0, 0.05) is 42.9 Å². The molecular weight excluding hydrogens is 521 g/mol. The van der Waals surface area contributed by atoms with Crippen molar-refractivity contribution in [3.63, 3.8) is 0 Å². The molecule has 1 atom stereocenters. The number of aliphatic hydroxyl groups excluding tert-OH is 1. The first-order valence-electron chi connectivity index (χ1n) is 13.7. The molecule has 1 aliphatic carbocycles. The van der Waals surface area contributed by atoms with E-state index in [2.05, 4.69) is 10.3 Å². The summed E-state index contributed by atoms with van der Waals surface area (Å²) < 4.78 is 49.7. The van der Waals surface area contributed by atoms with E-state index in [4.69, 9.17) is 14.8 Å². The van der Waals surface area contributed by atoms with Crippen LogP contribution in [0.5, 0.6) is 5.75 Å². The number of aliphatic hydroxyl groups is 1. The second-order valence-corrected chi connectivity index (χ2v) is 11.1. The van der Waals surface area contributed by atoms with Crippen molar-refractivity contribution in [3.8, 4) is 5.75 Å². The summed E-state index contributed by atoms with van der Waals surface area (Å²) in [6.45, 7) is 2.53. The summed E-state index contributed by atoms with van der Waals surface area (Å²) in [5.41, 5.74) is 2.04. The molecule has 2 aliphatic rings. The molecule has 1 saturated carbocycles. The minimum Gasteiger partial charge on any atom is -0.493 e. The largest absolute Gasteiger partial charge is 0.493 e. The molecule has 10 heteroatoms. The highest BCUT2D eigenvalue weighted by molar-refractivity contribution is 5.94. The molecule has 2 N–H and O–H groups in total. The van der Waals surface area contributed by atoms with Gasteiger partial charge >= 0.3 is 0 Å². The molecule has 0 radical (unpaired) electrons. The third-order valence-electron chi connectivity index (χ3n) is 8.18. The molecule has 0 spiro atoms. The zero-order chi connectivity index (χ0) is 28.8. The molecule has 40 heavy (non-hydrogen) atoms. The molecule has 5 rings (SSSR count). The Morgan fingerprint density at radius 2 is 1.95 bits per heavy atom. The number of ether oxygens (including phenoxy) is 1. The average molecular weight is 557 g/mol. The maximum Gasteiger partial charge on any atom is 0.298 e. The van der Waals surface area contributed by atoms with Crippen molar-refractivity contribution in [2.45, 2.75) is 63.8 Å². The van der Waals surface area contributed by atoms with Gasteiger partial charge in [0.1, 0.15) is 29.8 Å². The van der Waals surface area contributed by atoms with E-state index in [-0.39, 0.29) is 23.3 Å². The van der Waals surface area contributed by atoms with E-state index < -0.39 is 30.0 Å². The van der Waals surface area contributed by atoms with Crippen molar-refractivity contribution in [3.05, 3.63) is 58.2 Å². The van der Waals surface area contributed by atoms with Crippen LogP contribution in [-0.4, -0.2) is 53.2 Å². The van der Waals surface area contributed by atoms with Crippen LogP contribution in [0, 0.1) is 18.7 Å². The number of fused-ring (bicyclic) bond motifs is 3. The van der Waals surface area contributed by atoms with Gasteiger partial charge in [-0.05, 0) is 63.1 Å². The maximum absolute atomic E-state index is 15.2. The highest BCUT2D eigenvalue weighted by atomic mass is 19.3. The summed E-state index contributed by atoms with van der Waals surface area (Å²) in [6, 6.07) is 5.14. The van der Waals surface area contributed by atoms with Gasteiger partial charge in [0.25, 0.3) is 5.92 Å². The summed E-state index contributed by atoms with van der Waals surface area (Å²) in [5.74, 6) is -2.49. The zero-order valence-corrected chi connectivity index (χ0v) is 23.2.